The number of hydrogen-bond donors (Lipinski definition) is 1. The van der Waals surface area contributed by atoms with Gasteiger partial charge in [-0.15, -0.1) is 5.10 Å². The van der Waals surface area contributed by atoms with Crippen LogP contribution in [0.4, 0.5) is 28.9 Å². The van der Waals surface area contributed by atoms with E-state index in [1.165, 1.54) is 17.0 Å². The molecule has 5 heterocycles. The molecule has 1 N–H and O–H groups in total. The lowest BCUT2D eigenvalue weighted by atomic mass is 10.1. The number of piperazine rings is 1. The first kappa shape index (κ1) is 40.2. The Balaban J connectivity index is 1.12. The van der Waals surface area contributed by atoms with Crippen LogP contribution in [-0.2, 0) is 37.0 Å². The fourth-order valence-electron chi connectivity index (χ4n) is 7.38. The minimum absolute atomic E-state index is 0.0219. The van der Waals surface area contributed by atoms with Gasteiger partial charge in [0.1, 0.15) is 36.7 Å². The number of aromatic nitrogens is 6. The molecule has 2 aliphatic heterocycles. The smallest absolute Gasteiger partial charge is 0.416 e. The lowest BCUT2D eigenvalue weighted by molar-refractivity contribution is -0.137. The van der Waals surface area contributed by atoms with Gasteiger partial charge in [0.05, 0.1) is 39.8 Å². The number of carbonyl (C=O) groups excluding carboxylic acids is 2. The normalized spacial score (nSPS) is 14.0. The van der Waals surface area contributed by atoms with Crippen LogP contribution in [0.15, 0.2) is 71.8 Å². The van der Waals surface area contributed by atoms with Crippen molar-refractivity contribution in [3.8, 4) is 22.9 Å². The van der Waals surface area contributed by atoms with Crippen molar-refractivity contribution in [2.24, 2.45) is 0 Å². The van der Waals surface area contributed by atoms with Crippen LogP contribution in [0.1, 0.15) is 45.5 Å². The molecule has 0 atom stereocenters. The van der Waals surface area contributed by atoms with E-state index in [1.54, 1.807) is 29.7 Å². The molecule has 14 nitrogen and oxygen atoms in total. The first-order valence-corrected chi connectivity index (χ1v) is 19.4. The number of aryl methyl sites for hydroxylation is 1. The largest absolute Gasteiger partial charge is 0.493 e. The van der Waals surface area contributed by atoms with Gasteiger partial charge in [0.2, 0.25) is 11.7 Å². The molecule has 0 saturated carbocycles. The lowest BCUT2D eigenvalue weighted by Gasteiger charge is -2.36. The zero-order valence-electron chi connectivity index (χ0n) is 32.2. The first-order chi connectivity index (χ1) is 28.8. The van der Waals surface area contributed by atoms with Crippen LogP contribution >= 0.6 is 11.6 Å². The Labute approximate surface area is 344 Å². The van der Waals surface area contributed by atoms with Crippen LogP contribution in [0, 0.1) is 12.7 Å². The van der Waals surface area contributed by atoms with Crippen molar-refractivity contribution in [2.75, 3.05) is 43.0 Å². The zero-order valence-corrected chi connectivity index (χ0v) is 33.0. The molecular weight excluding hydrogens is 810 g/mol. The van der Waals surface area contributed by atoms with Gasteiger partial charge in [-0.05, 0) is 49.2 Å². The second kappa shape index (κ2) is 16.2. The summed E-state index contributed by atoms with van der Waals surface area (Å²) >= 11 is 6.16. The molecular formula is C41H36ClF4N9O5. The maximum atomic E-state index is 15.8. The molecule has 310 valence electrons. The molecule has 8 rings (SSSR count). The quantitative estimate of drug-likeness (QED) is 0.159. The lowest BCUT2D eigenvalue weighted by Crippen LogP contribution is -2.51. The highest BCUT2D eigenvalue weighted by atomic mass is 35.5. The molecule has 19 heteroatoms. The summed E-state index contributed by atoms with van der Waals surface area (Å²) in [6.07, 6.45) is -2.80. The third kappa shape index (κ3) is 7.69. The van der Waals surface area contributed by atoms with E-state index in [-0.39, 0.29) is 90.1 Å². The highest BCUT2D eigenvalue weighted by molar-refractivity contribution is 6.33. The second-order valence-electron chi connectivity index (χ2n) is 14.1. The van der Waals surface area contributed by atoms with Gasteiger partial charge >= 0.3 is 6.18 Å². The van der Waals surface area contributed by atoms with E-state index in [4.69, 9.17) is 21.1 Å². The summed E-state index contributed by atoms with van der Waals surface area (Å²) < 4.78 is 69.8. The van der Waals surface area contributed by atoms with Crippen molar-refractivity contribution in [2.45, 2.75) is 46.0 Å². The monoisotopic (exact) mass is 845 g/mol. The Kier molecular flexibility index (Phi) is 10.9. The molecule has 1 saturated heterocycles. The molecule has 60 heavy (non-hydrogen) atoms. The van der Waals surface area contributed by atoms with E-state index in [1.807, 2.05) is 30.3 Å². The van der Waals surface area contributed by atoms with Gasteiger partial charge in [-0.1, -0.05) is 48.9 Å². The number of ether oxygens (including phenoxy) is 2. The van der Waals surface area contributed by atoms with Gasteiger partial charge in [-0.25, -0.2) is 14.4 Å². The van der Waals surface area contributed by atoms with E-state index < -0.39 is 35.6 Å². The molecule has 2 amide bonds. The molecule has 0 aliphatic carbocycles. The van der Waals surface area contributed by atoms with Crippen molar-refractivity contribution in [1.29, 1.82) is 0 Å². The van der Waals surface area contributed by atoms with Crippen molar-refractivity contribution in [3.63, 3.8) is 0 Å². The van der Waals surface area contributed by atoms with Gasteiger partial charge in [-0.3, -0.25) is 14.4 Å². The number of hydrogen-bond acceptors (Lipinski definition) is 10. The second-order valence-corrected chi connectivity index (χ2v) is 14.5. The molecule has 2 aliphatic rings. The summed E-state index contributed by atoms with van der Waals surface area (Å²) in [6, 6.07) is 15.1. The third-order valence-corrected chi connectivity index (χ3v) is 10.7. The summed E-state index contributed by atoms with van der Waals surface area (Å²) in [4.78, 5) is 58.6. The average molecular weight is 846 g/mol. The van der Waals surface area contributed by atoms with E-state index in [2.05, 4.69) is 25.4 Å². The maximum absolute atomic E-state index is 15.8. The molecule has 0 unspecified atom stereocenters. The number of halogens is 5. The van der Waals surface area contributed by atoms with E-state index >= 15 is 4.39 Å². The van der Waals surface area contributed by atoms with Gasteiger partial charge in [0, 0.05) is 38.2 Å². The minimum Gasteiger partial charge on any atom is -0.493 e. The molecule has 1 fully saturated rings. The predicted molar refractivity (Wildman–Crippen MR) is 212 cm³/mol. The summed E-state index contributed by atoms with van der Waals surface area (Å²) in [5.74, 6) is -1.20. The van der Waals surface area contributed by atoms with E-state index in [0.717, 1.165) is 22.2 Å². The fourth-order valence-corrected chi connectivity index (χ4v) is 7.60. The standard InChI is InChI=1S/C41H36ClF4N9O5/c1-3-30-35(52-14-16-53(17-15-52)38(57)34-36(23(2)47-22-48-34)60-21-24-7-5-4-6-8-24)39(58)55-40(50-37(51-55)27-10-12-31-26(33(27)43)13-18-59-31)54(30)20-32(56)49-29-11-9-25(19-28(29)42)41(44,45)46/h4-12,19,22H,3,13-18,20-21H2,1-2H3,(H,49,56). The average Bonchev–Trinajstić information content (AvgIpc) is 3.91. The van der Waals surface area contributed by atoms with E-state index in [9.17, 15) is 27.6 Å². The molecule has 6 aromatic rings. The number of benzene rings is 3. The van der Waals surface area contributed by atoms with Crippen LogP contribution in [0.25, 0.3) is 17.2 Å². The number of nitrogens with one attached hydrogen (secondary N) is 1. The summed E-state index contributed by atoms with van der Waals surface area (Å²) in [7, 11) is 0. The molecule has 3 aromatic heterocycles. The fraction of sp³-hybridized carbons (Fsp3) is 0.293. The highest BCUT2D eigenvalue weighted by Crippen LogP contribution is 2.35. The van der Waals surface area contributed by atoms with Gasteiger partial charge in [0.25, 0.3) is 11.5 Å². The molecule has 0 bridgehead atoms. The summed E-state index contributed by atoms with van der Waals surface area (Å²) in [6.45, 7) is 4.28. The Morgan fingerprint density at radius 3 is 2.50 bits per heavy atom. The number of rotatable bonds is 10. The first-order valence-electron chi connectivity index (χ1n) is 19.0. The zero-order chi connectivity index (χ0) is 42.3. The number of anilines is 2. The minimum atomic E-state index is -4.65. The predicted octanol–water partition coefficient (Wildman–Crippen LogP) is 6.15. The number of alkyl halides is 3. The van der Waals surface area contributed by atoms with Crippen molar-refractivity contribution in [3.05, 3.63) is 122 Å². The number of carbonyl (C=O) groups is 2. The number of nitrogens with zero attached hydrogens (tertiary/aromatic N) is 8. The van der Waals surface area contributed by atoms with E-state index in [0.29, 0.717) is 41.8 Å². The van der Waals surface area contributed by atoms with Crippen molar-refractivity contribution >= 4 is 40.6 Å². The SMILES string of the molecule is CCc1c(N2CCN(C(=O)c3ncnc(C)c3OCc3ccccc3)CC2)c(=O)n2nc(-c3ccc4c(c3F)CCO4)nc2n1CC(=O)Nc1ccc(C(F)(F)F)cc1Cl. The maximum Gasteiger partial charge on any atom is 0.416 e. The van der Waals surface area contributed by atoms with Crippen LogP contribution in [-0.4, -0.2) is 78.6 Å². The van der Waals surface area contributed by atoms with Crippen LogP contribution in [0.2, 0.25) is 5.02 Å². The molecule has 0 spiro atoms. The number of fused-ring (bicyclic) bond motifs is 2. The van der Waals surface area contributed by atoms with Crippen LogP contribution in [0.5, 0.6) is 11.5 Å². The van der Waals surface area contributed by atoms with Crippen LogP contribution < -0.4 is 25.2 Å². The number of amides is 2. The van der Waals surface area contributed by atoms with Gasteiger partial charge in [0.15, 0.2) is 17.3 Å². The molecule has 0 radical (unpaired) electrons. The molecule has 3 aromatic carbocycles. The Morgan fingerprint density at radius 1 is 1.02 bits per heavy atom. The van der Waals surface area contributed by atoms with Crippen LogP contribution in [0.3, 0.4) is 0 Å². The Morgan fingerprint density at radius 2 is 1.78 bits per heavy atom. The van der Waals surface area contributed by atoms with Crippen molar-refractivity contribution in [1.82, 2.24) is 34.0 Å². The Hall–Kier alpha value is -6.56. The Bertz CT molecular complexity index is 2700. The summed E-state index contributed by atoms with van der Waals surface area (Å²) in [5.41, 5.74) is 0.786. The summed E-state index contributed by atoms with van der Waals surface area (Å²) in [5, 5.41) is 6.67. The highest BCUT2D eigenvalue weighted by Gasteiger charge is 2.33. The van der Waals surface area contributed by atoms with Gasteiger partial charge < -0.3 is 29.2 Å². The topological polar surface area (TPSA) is 149 Å². The third-order valence-electron chi connectivity index (χ3n) is 10.4. The van der Waals surface area contributed by atoms with Crippen molar-refractivity contribution < 1.29 is 36.6 Å². The van der Waals surface area contributed by atoms with Gasteiger partial charge in [-0.2, -0.15) is 22.7 Å².